The van der Waals surface area contributed by atoms with E-state index in [1.807, 2.05) is 25.3 Å². The molecule has 0 atom stereocenters. The lowest BCUT2D eigenvalue weighted by Crippen LogP contribution is -2.37. The standard InChI is InChI=1S/C20H24FN5O.HI/c1-3-27-19-15(5-4-9-23-19)13-26-20(22-2)24-10-8-14-12-25-18-11-16(21)6-7-17(14)18;/h4-7,9,11-12,25H,3,8,10,13H2,1-2H3,(H2,22,24,26);1H. The van der Waals surface area contributed by atoms with Crippen LogP contribution in [0.5, 0.6) is 5.88 Å². The van der Waals surface area contributed by atoms with Crippen molar-refractivity contribution >= 4 is 40.8 Å². The highest BCUT2D eigenvalue weighted by atomic mass is 127. The molecule has 0 bridgehead atoms. The lowest BCUT2D eigenvalue weighted by atomic mass is 10.1. The molecular weight excluding hydrogens is 472 g/mol. The van der Waals surface area contributed by atoms with E-state index in [2.05, 4.69) is 25.6 Å². The van der Waals surface area contributed by atoms with Gasteiger partial charge in [-0.05, 0) is 43.2 Å². The van der Waals surface area contributed by atoms with Gasteiger partial charge in [-0.1, -0.05) is 6.07 Å². The third-order valence-corrected chi connectivity index (χ3v) is 4.22. The van der Waals surface area contributed by atoms with Crippen LogP contribution in [0.4, 0.5) is 4.39 Å². The van der Waals surface area contributed by atoms with E-state index in [9.17, 15) is 4.39 Å². The highest BCUT2D eigenvalue weighted by Crippen LogP contribution is 2.19. The molecule has 0 aliphatic heterocycles. The van der Waals surface area contributed by atoms with Crippen LogP contribution in [0.15, 0.2) is 47.7 Å². The van der Waals surface area contributed by atoms with Gasteiger partial charge < -0.3 is 20.4 Å². The average molecular weight is 497 g/mol. The molecule has 0 saturated carbocycles. The van der Waals surface area contributed by atoms with Crippen molar-refractivity contribution in [2.75, 3.05) is 20.2 Å². The predicted molar refractivity (Wildman–Crippen MR) is 121 cm³/mol. The van der Waals surface area contributed by atoms with Crippen molar-refractivity contribution in [3.63, 3.8) is 0 Å². The molecule has 1 aromatic carbocycles. The molecule has 2 heterocycles. The van der Waals surface area contributed by atoms with Crippen LogP contribution in [0.2, 0.25) is 0 Å². The lowest BCUT2D eigenvalue weighted by molar-refractivity contribution is 0.322. The minimum Gasteiger partial charge on any atom is -0.478 e. The largest absolute Gasteiger partial charge is 0.478 e. The van der Waals surface area contributed by atoms with Crippen LogP contribution in [0.3, 0.4) is 0 Å². The van der Waals surface area contributed by atoms with Crippen LogP contribution < -0.4 is 15.4 Å². The molecule has 0 aliphatic carbocycles. The zero-order valence-corrected chi connectivity index (χ0v) is 18.3. The minimum absolute atomic E-state index is 0. The second kappa shape index (κ2) is 10.8. The van der Waals surface area contributed by atoms with Gasteiger partial charge in [0.05, 0.1) is 6.61 Å². The van der Waals surface area contributed by atoms with Crippen LogP contribution >= 0.6 is 24.0 Å². The molecule has 150 valence electrons. The molecule has 0 spiro atoms. The third kappa shape index (κ3) is 5.57. The second-order valence-corrected chi connectivity index (χ2v) is 6.01. The molecule has 0 saturated heterocycles. The summed E-state index contributed by atoms with van der Waals surface area (Å²) in [5.74, 6) is 1.10. The predicted octanol–water partition coefficient (Wildman–Crippen LogP) is 3.63. The van der Waals surface area contributed by atoms with Gasteiger partial charge >= 0.3 is 0 Å². The van der Waals surface area contributed by atoms with Crippen LogP contribution in [-0.2, 0) is 13.0 Å². The molecule has 2 aromatic heterocycles. The Hall–Kier alpha value is -2.36. The molecule has 8 heteroatoms. The summed E-state index contributed by atoms with van der Waals surface area (Å²) in [6.07, 6.45) is 4.43. The van der Waals surface area contributed by atoms with Crippen molar-refractivity contribution in [3.05, 3.63) is 59.7 Å². The van der Waals surface area contributed by atoms with Crippen molar-refractivity contribution in [1.29, 1.82) is 0 Å². The van der Waals surface area contributed by atoms with Gasteiger partial charge in [0.25, 0.3) is 0 Å². The number of H-pyrrole nitrogens is 1. The molecule has 3 aromatic rings. The van der Waals surface area contributed by atoms with Gasteiger partial charge in [0.2, 0.25) is 5.88 Å². The van der Waals surface area contributed by atoms with E-state index in [-0.39, 0.29) is 29.8 Å². The van der Waals surface area contributed by atoms with Crippen LogP contribution in [0.1, 0.15) is 18.1 Å². The Bertz CT molecular complexity index is 928. The Morgan fingerprint density at radius 1 is 1.25 bits per heavy atom. The fourth-order valence-corrected chi connectivity index (χ4v) is 2.91. The summed E-state index contributed by atoms with van der Waals surface area (Å²) in [5, 5.41) is 7.61. The maximum absolute atomic E-state index is 13.3. The van der Waals surface area contributed by atoms with Crippen molar-refractivity contribution < 1.29 is 9.13 Å². The summed E-state index contributed by atoms with van der Waals surface area (Å²) in [5.41, 5.74) is 2.92. The van der Waals surface area contributed by atoms with E-state index in [1.54, 1.807) is 19.3 Å². The fraction of sp³-hybridized carbons (Fsp3) is 0.300. The van der Waals surface area contributed by atoms with E-state index in [0.717, 1.165) is 28.5 Å². The summed E-state index contributed by atoms with van der Waals surface area (Å²) in [6.45, 7) is 3.78. The van der Waals surface area contributed by atoms with Crippen molar-refractivity contribution in [2.45, 2.75) is 19.9 Å². The number of nitrogens with zero attached hydrogens (tertiary/aromatic N) is 2. The van der Waals surface area contributed by atoms with Gasteiger partial charge in [0, 0.05) is 49.0 Å². The summed E-state index contributed by atoms with van der Waals surface area (Å²) in [7, 11) is 1.73. The lowest BCUT2D eigenvalue weighted by Gasteiger charge is -2.13. The van der Waals surface area contributed by atoms with Crippen molar-refractivity contribution in [3.8, 4) is 5.88 Å². The van der Waals surface area contributed by atoms with Gasteiger partial charge in [-0.2, -0.15) is 0 Å². The quantitative estimate of drug-likeness (QED) is 0.265. The van der Waals surface area contributed by atoms with E-state index >= 15 is 0 Å². The number of guanidine groups is 1. The number of hydrogen-bond acceptors (Lipinski definition) is 3. The van der Waals surface area contributed by atoms with Crippen LogP contribution in [-0.4, -0.2) is 36.1 Å². The number of ether oxygens (including phenoxy) is 1. The Kier molecular flexibility index (Phi) is 8.49. The van der Waals surface area contributed by atoms with Crippen molar-refractivity contribution in [1.82, 2.24) is 20.6 Å². The van der Waals surface area contributed by atoms with Crippen LogP contribution in [0, 0.1) is 5.82 Å². The number of aliphatic imine (C=N–C) groups is 1. The summed E-state index contributed by atoms with van der Waals surface area (Å²) < 4.78 is 18.8. The number of halogens is 2. The SMILES string of the molecule is CCOc1ncccc1CNC(=NC)NCCc1c[nH]c2cc(F)ccc12.I. The molecule has 0 fully saturated rings. The van der Waals surface area contributed by atoms with Crippen molar-refractivity contribution in [2.24, 2.45) is 4.99 Å². The molecule has 0 radical (unpaired) electrons. The molecule has 0 unspecified atom stereocenters. The van der Waals surface area contributed by atoms with E-state index < -0.39 is 0 Å². The molecule has 0 amide bonds. The number of pyridine rings is 1. The van der Waals surface area contributed by atoms with E-state index in [1.165, 1.54) is 12.1 Å². The number of aromatic nitrogens is 2. The van der Waals surface area contributed by atoms with Gasteiger partial charge in [0.15, 0.2) is 5.96 Å². The zero-order valence-electron chi connectivity index (χ0n) is 16.0. The Morgan fingerprint density at radius 2 is 2.11 bits per heavy atom. The number of fused-ring (bicyclic) bond motifs is 1. The highest BCUT2D eigenvalue weighted by molar-refractivity contribution is 14.0. The summed E-state index contributed by atoms with van der Waals surface area (Å²) in [4.78, 5) is 11.6. The monoisotopic (exact) mass is 497 g/mol. The van der Waals surface area contributed by atoms with Gasteiger partial charge in [-0.25, -0.2) is 9.37 Å². The maximum Gasteiger partial charge on any atom is 0.218 e. The Morgan fingerprint density at radius 3 is 2.89 bits per heavy atom. The number of benzene rings is 1. The summed E-state index contributed by atoms with van der Waals surface area (Å²) >= 11 is 0. The molecule has 3 rings (SSSR count). The average Bonchev–Trinajstić information content (AvgIpc) is 3.07. The number of nitrogens with one attached hydrogen (secondary N) is 3. The smallest absolute Gasteiger partial charge is 0.218 e. The number of rotatable bonds is 7. The maximum atomic E-state index is 13.3. The molecular formula is C20H25FIN5O. The topological polar surface area (TPSA) is 74.3 Å². The third-order valence-electron chi connectivity index (χ3n) is 4.22. The Balaban J connectivity index is 0.00000280. The minimum atomic E-state index is -0.236. The zero-order chi connectivity index (χ0) is 19.1. The van der Waals surface area contributed by atoms with Crippen LogP contribution in [0.25, 0.3) is 10.9 Å². The number of hydrogen-bond donors (Lipinski definition) is 3. The molecule has 0 aliphatic rings. The van der Waals surface area contributed by atoms with E-state index in [0.29, 0.717) is 31.5 Å². The highest BCUT2D eigenvalue weighted by Gasteiger charge is 2.07. The fourth-order valence-electron chi connectivity index (χ4n) is 2.91. The summed E-state index contributed by atoms with van der Waals surface area (Å²) in [6, 6.07) is 8.66. The van der Waals surface area contributed by atoms with Gasteiger partial charge in [-0.15, -0.1) is 24.0 Å². The van der Waals surface area contributed by atoms with Gasteiger partial charge in [-0.3, -0.25) is 4.99 Å². The number of aromatic amines is 1. The van der Waals surface area contributed by atoms with E-state index in [4.69, 9.17) is 4.74 Å². The molecule has 3 N–H and O–H groups in total. The first-order valence-corrected chi connectivity index (χ1v) is 8.98. The first-order valence-electron chi connectivity index (χ1n) is 8.98. The normalized spacial score (nSPS) is 11.2. The first kappa shape index (κ1) is 21.9. The Labute approximate surface area is 181 Å². The van der Waals surface area contributed by atoms with Gasteiger partial charge in [0.1, 0.15) is 5.82 Å². The molecule has 28 heavy (non-hydrogen) atoms. The second-order valence-electron chi connectivity index (χ2n) is 6.01. The molecule has 6 nitrogen and oxygen atoms in total. The first-order chi connectivity index (χ1) is 13.2.